The summed E-state index contributed by atoms with van der Waals surface area (Å²) in [5.74, 6) is -0.0693. The summed E-state index contributed by atoms with van der Waals surface area (Å²) >= 11 is 3.26. The van der Waals surface area contributed by atoms with Gasteiger partial charge in [0.2, 0.25) is 5.91 Å². The fourth-order valence-corrected chi connectivity index (χ4v) is 4.01. The van der Waals surface area contributed by atoms with E-state index < -0.39 is 35.7 Å². The number of carbonyl (C=O) groups excluding carboxylic acids is 2. The van der Waals surface area contributed by atoms with Crippen LogP contribution in [0.25, 0.3) is 0 Å². The van der Waals surface area contributed by atoms with E-state index in [1.165, 1.54) is 4.90 Å². The lowest BCUT2D eigenvalue weighted by Crippen LogP contribution is -2.47. The van der Waals surface area contributed by atoms with Crippen LogP contribution >= 0.6 is 15.9 Å². The van der Waals surface area contributed by atoms with Gasteiger partial charge in [0.25, 0.3) is 0 Å². The molecule has 7 nitrogen and oxygen atoms in total. The monoisotopic (exact) mass is 475 g/mol. The maximum atomic E-state index is 13.0. The molecule has 1 saturated carbocycles. The molecule has 2 amide bonds. The second-order valence-electron chi connectivity index (χ2n) is 8.55. The van der Waals surface area contributed by atoms with E-state index in [9.17, 15) is 18.4 Å². The number of carbonyl (C=O) groups is 2. The molecule has 2 heterocycles. The lowest BCUT2D eigenvalue weighted by molar-refractivity contribution is -0.141. The molecule has 1 aromatic rings. The van der Waals surface area contributed by atoms with E-state index in [1.54, 1.807) is 39.8 Å². The van der Waals surface area contributed by atoms with E-state index in [0.29, 0.717) is 16.8 Å². The molecule has 3 rings (SSSR count). The number of anilines is 1. The summed E-state index contributed by atoms with van der Waals surface area (Å²) in [7, 11) is 0. The number of amides is 2. The first-order valence-corrected chi connectivity index (χ1v) is 10.1. The number of rotatable bonds is 5. The highest BCUT2D eigenvalue weighted by atomic mass is 79.9. The third-order valence-corrected chi connectivity index (χ3v) is 5.57. The number of hydrogen-bond acceptors (Lipinski definition) is 5. The van der Waals surface area contributed by atoms with Crippen LogP contribution in [0.4, 0.5) is 19.4 Å². The van der Waals surface area contributed by atoms with Crippen molar-refractivity contribution >= 4 is 33.7 Å². The molecule has 0 aromatic carbocycles. The molecule has 0 spiro atoms. The Bertz CT molecular complexity index is 817. The van der Waals surface area contributed by atoms with Gasteiger partial charge in [-0.25, -0.2) is 9.78 Å². The molecule has 10 heteroatoms. The Morgan fingerprint density at radius 1 is 1.38 bits per heavy atom. The molecular weight excluding hydrogens is 452 g/mol. The number of fused-ring (bicyclic) bond motifs is 1. The average Bonchev–Trinajstić information content (AvgIpc) is 3.19. The van der Waals surface area contributed by atoms with Crippen LogP contribution < -0.4 is 5.32 Å². The van der Waals surface area contributed by atoms with Gasteiger partial charge in [0, 0.05) is 11.5 Å². The summed E-state index contributed by atoms with van der Waals surface area (Å²) in [6, 6.07) is 2.32. The molecule has 1 N–H and O–H groups in total. The number of nitrogens with zero attached hydrogens (tertiary/aromatic N) is 2. The van der Waals surface area contributed by atoms with Crippen molar-refractivity contribution < 1.29 is 27.8 Å². The highest BCUT2D eigenvalue weighted by molar-refractivity contribution is 9.10. The van der Waals surface area contributed by atoms with E-state index in [2.05, 4.69) is 31.0 Å². The Labute approximate surface area is 176 Å². The number of aryl methyl sites for hydroxylation is 1. The van der Waals surface area contributed by atoms with E-state index in [-0.39, 0.29) is 19.1 Å². The van der Waals surface area contributed by atoms with Crippen LogP contribution in [-0.2, 0) is 14.3 Å². The summed E-state index contributed by atoms with van der Waals surface area (Å²) in [6.45, 7) is 3.86. The molecule has 2 aliphatic rings. The number of pyridine rings is 1. The predicted molar refractivity (Wildman–Crippen MR) is 105 cm³/mol. The lowest BCUT2D eigenvalue weighted by atomic mass is 10.00. The van der Waals surface area contributed by atoms with Crippen LogP contribution in [0.5, 0.6) is 0 Å². The number of likely N-dealkylation sites (tertiary alicyclic amines) is 1. The van der Waals surface area contributed by atoms with E-state index in [4.69, 9.17) is 4.74 Å². The molecule has 1 saturated heterocycles. The summed E-state index contributed by atoms with van der Waals surface area (Å²) in [5.41, 5.74) is -0.654. The molecule has 2 fully saturated rings. The van der Waals surface area contributed by atoms with Crippen LogP contribution in [0.2, 0.25) is 0 Å². The predicted octanol–water partition coefficient (Wildman–Crippen LogP) is 4.10. The minimum Gasteiger partial charge on any atom is -0.444 e. The lowest BCUT2D eigenvalue weighted by Gasteiger charge is -2.29. The van der Waals surface area contributed by atoms with Crippen LogP contribution in [-0.4, -0.2) is 52.8 Å². The van der Waals surface area contributed by atoms with Gasteiger partial charge in [-0.2, -0.15) is 8.78 Å². The van der Waals surface area contributed by atoms with Crippen molar-refractivity contribution in [2.24, 2.45) is 5.41 Å². The summed E-state index contributed by atoms with van der Waals surface area (Å²) in [4.78, 5) is 31.4. The van der Waals surface area contributed by atoms with Gasteiger partial charge in [-0.05, 0) is 68.1 Å². The van der Waals surface area contributed by atoms with Crippen molar-refractivity contribution in [1.82, 2.24) is 9.88 Å². The number of nitrogens with one attached hydrogen (secondary N) is 1. The van der Waals surface area contributed by atoms with Crippen molar-refractivity contribution in [2.75, 3.05) is 11.9 Å². The minimum atomic E-state index is -2.90. The fraction of sp³-hybridized carbons (Fsp3) is 0.632. The fourth-order valence-electron chi connectivity index (χ4n) is 3.70. The molecule has 1 aliphatic heterocycles. The number of hydrogen-bond donors (Lipinski definition) is 1. The van der Waals surface area contributed by atoms with Crippen LogP contribution in [0, 0.1) is 12.3 Å². The van der Waals surface area contributed by atoms with E-state index in [0.717, 1.165) is 5.56 Å². The van der Waals surface area contributed by atoms with Crippen molar-refractivity contribution in [2.45, 2.75) is 64.8 Å². The van der Waals surface area contributed by atoms with Gasteiger partial charge < -0.3 is 14.8 Å². The Kier molecular flexibility index (Phi) is 5.88. The summed E-state index contributed by atoms with van der Waals surface area (Å²) < 4.78 is 35.7. The Hall–Kier alpha value is -1.81. The first kappa shape index (κ1) is 21.9. The van der Waals surface area contributed by atoms with Crippen molar-refractivity contribution in [3.8, 4) is 0 Å². The quantitative estimate of drug-likeness (QED) is 0.648. The number of alkyl halides is 2. The van der Waals surface area contributed by atoms with Gasteiger partial charge in [0.05, 0.1) is 6.61 Å². The largest absolute Gasteiger partial charge is 0.444 e. The van der Waals surface area contributed by atoms with Gasteiger partial charge in [-0.15, -0.1) is 0 Å². The van der Waals surface area contributed by atoms with Gasteiger partial charge >= 0.3 is 12.7 Å². The Morgan fingerprint density at radius 2 is 2.07 bits per heavy atom. The smallest absolute Gasteiger partial charge is 0.411 e. The number of halogens is 3. The zero-order valence-corrected chi connectivity index (χ0v) is 18.3. The highest BCUT2D eigenvalue weighted by Crippen LogP contribution is 2.60. The summed E-state index contributed by atoms with van der Waals surface area (Å²) in [5, 5.41) is 2.75. The second kappa shape index (κ2) is 7.79. The molecule has 29 heavy (non-hydrogen) atoms. The molecular formula is C19H24BrF2N3O4. The van der Waals surface area contributed by atoms with E-state index >= 15 is 0 Å². The first-order chi connectivity index (χ1) is 13.4. The van der Waals surface area contributed by atoms with Crippen molar-refractivity contribution in [3.05, 3.63) is 22.3 Å². The number of aromatic nitrogens is 1. The van der Waals surface area contributed by atoms with Gasteiger partial charge in [-0.3, -0.25) is 9.69 Å². The van der Waals surface area contributed by atoms with Crippen LogP contribution in [0.15, 0.2) is 16.7 Å². The first-order valence-electron chi connectivity index (χ1n) is 9.27. The zero-order valence-electron chi connectivity index (χ0n) is 16.7. The molecule has 3 atom stereocenters. The van der Waals surface area contributed by atoms with Gasteiger partial charge in [0.1, 0.15) is 22.1 Å². The standard InChI is InChI=1S/C19H24BrF2N3O4/c1-10-5-6-13(20)23-14(10)24-15(26)11-7-19(9-28-16(21)22)8-12(19)25(11)17(27)29-18(2,3)4/h5-6,11-12,16H,7-9H2,1-4H3,(H,23,24,26)/t11-,12+,19-/m0/s1. The summed E-state index contributed by atoms with van der Waals surface area (Å²) in [6.07, 6.45) is 0.0809. The van der Waals surface area contributed by atoms with Crippen LogP contribution in [0.3, 0.4) is 0 Å². The minimum absolute atomic E-state index is 0.216. The van der Waals surface area contributed by atoms with Gasteiger partial charge in [0.15, 0.2) is 0 Å². The zero-order chi connectivity index (χ0) is 21.6. The Morgan fingerprint density at radius 3 is 2.69 bits per heavy atom. The average molecular weight is 476 g/mol. The van der Waals surface area contributed by atoms with Crippen molar-refractivity contribution in [3.63, 3.8) is 0 Å². The third-order valence-electron chi connectivity index (χ3n) is 5.13. The maximum absolute atomic E-state index is 13.0. The van der Waals surface area contributed by atoms with Crippen molar-refractivity contribution in [1.29, 1.82) is 0 Å². The maximum Gasteiger partial charge on any atom is 0.411 e. The number of ether oxygens (including phenoxy) is 2. The molecule has 0 bridgehead atoms. The van der Waals surface area contributed by atoms with Gasteiger partial charge in [-0.1, -0.05) is 6.07 Å². The normalized spacial score (nSPS) is 25.7. The topological polar surface area (TPSA) is 80.8 Å². The molecule has 0 radical (unpaired) electrons. The third kappa shape index (κ3) is 4.85. The van der Waals surface area contributed by atoms with Crippen LogP contribution in [0.1, 0.15) is 39.2 Å². The molecule has 1 aromatic heterocycles. The SMILES string of the molecule is Cc1ccc(Br)nc1NC(=O)[C@@H]1C[C@@]2(COC(F)F)C[C@H]2N1C(=O)OC(C)(C)C. The van der Waals surface area contributed by atoms with E-state index in [1.807, 2.05) is 0 Å². The molecule has 1 aliphatic carbocycles. The molecule has 160 valence electrons. The Balaban J connectivity index is 1.81. The second-order valence-corrected chi connectivity index (χ2v) is 9.36. The molecule has 0 unspecified atom stereocenters. The number of piperidine rings is 1. The highest BCUT2D eigenvalue weighted by Gasteiger charge is 2.68.